The van der Waals surface area contributed by atoms with E-state index < -0.39 is 0 Å². The number of carbonyl (C=O) groups excluding carboxylic acids is 1. The Kier molecular flexibility index (Phi) is 2.47. The number of ketones is 1. The first kappa shape index (κ1) is 9.79. The highest BCUT2D eigenvalue weighted by Gasteiger charge is 2.14. The largest absolute Gasteiger partial charge is 0.382 e. The van der Waals surface area contributed by atoms with Crippen molar-refractivity contribution < 1.29 is 4.79 Å². The number of hydrogen-bond donors (Lipinski definition) is 1. The molecule has 0 radical (unpaired) electrons. The van der Waals surface area contributed by atoms with Crippen LogP contribution in [0.3, 0.4) is 0 Å². The molecule has 0 saturated carbocycles. The average Bonchev–Trinajstić information content (AvgIpc) is 2.65. The molecular weight excluding hydrogens is 210 g/mol. The van der Waals surface area contributed by atoms with Gasteiger partial charge in [0.25, 0.3) is 0 Å². The number of nitrogens with two attached hydrogens (primary N) is 1. The van der Waals surface area contributed by atoms with Crippen molar-refractivity contribution in [1.29, 1.82) is 0 Å². The van der Waals surface area contributed by atoms with Crippen LogP contribution in [0.25, 0.3) is 0 Å². The fourth-order valence-electron chi connectivity index (χ4n) is 1.18. The third-order valence-corrected chi connectivity index (χ3v) is 2.99. The summed E-state index contributed by atoms with van der Waals surface area (Å²) < 4.78 is 0. The van der Waals surface area contributed by atoms with Gasteiger partial charge in [-0.15, -0.1) is 11.3 Å². The van der Waals surface area contributed by atoms with Gasteiger partial charge in [-0.05, 0) is 23.9 Å². The summed E-state index contributed by atoms with van der Waals surface area (Å²) in [6, 6.07) is 1.91. The van der Waals surface area contributed by atoms with Crippen molar-refractivity contribution in [1.82, 2.24) is 9.97 Å². The highest BCUT2D eigenvalue weighted by atomic mass is 32.1. The minimum atomic E-state index is -0.102. The Balaban J connectivity index is 2.37. The van der Waals surface area contributed by atoms with Crippen molar-refractivity contribution in [3.63, 3.8) is 0 Å². The maximum atomic E-state index is 11.9. The van der Waals surface area contributed by atoms with Crippen molar-refractivity contribution >= 4 is 22.9 Å². The summed E-state index contributed by atoms with van der Waals surface area (Å²) in [5.74, 6) is 0.212. The van der Waals surface area contributed by atoms with Crippen LogP contribution >= 0.6 is 11.3 Å². The topological polar surface area (TPSA) is 68.9 Å². The summed E-state index contributed by atoms with van der Waals surface area (Å²) in [6.45, 7) is 1.90. The van der Waals surface area contributed by atoms with Gasteiger partial charge in [-0.3, -0.25) is 4.79 Å². The number of anilines is 1. The molecule has 4 nitrogen and oxygen atoms in total. The fourth-order valence-corrected chi connectivity index (χ4v) is 2.05. The van der Waals surface area contributed by atoms with Gasteiger partial charge in [-0.25, -0.2) is 9.97 Å². The summed E-state index contributed by atoms with van der Waals surface area (Å²) in [5, 5.41) is 1.88. The number of carbonyl (C=O) groups is 1. The average molecular weight is 219 g/mol. The van der Waals surface area contributed by atoms with Crippen molar-refractivity contribution in [3.8, 4) is 0 Å². The Morgan fingerprint density at radius 2 is 2.20 bits per heavy atom. The molecule has 0 aliphatic carbocycles. The number of aromatic nitrogens is 2. The molecular formula is C10H9N3OS. The van der Waals surface area contributed by atoms with Crippen LogP contribution in [0.2, 0.25) is 0 Å². The lowest BCUT2D eigenvalue weighted by Gasteiger charge is -1.98. The second-order valence-corrected chi connectivity index (χ2v) is 4.00. The Morgan fingerprint density at radius 3 is 2.73 bits per heavy atom. The molecule has 15 heavy (non-hydrogen) atoms. The Labute approximate surface area is 90.8 Å². The highest BCUT2D eigenvalue weighted by Crippen LogP contribution is 2.18. The summed E-state index contributed by atoms with van der Waals surface area (Å²) in [4.78, 5) is 20.4. The maximum absolute atomic E-state index is 11.9. The van der Waals surface area contributed by atoms with Gasteiger partial charge in [0, 0.05) is 0 Å². The van der Waals surface area contributed by atoms with Gasteiger partial charge in [0.15, 0.2) is 0 Å². The molecule has 0 aliphatic heterocycles. The molecule has 76 valence electrons. The first-order chi connectivity index (χ1) is 7.18. The van der Waals surface area contributed by atoms with Gasteiger partial charge in [0.05, 0.1) is 17.3 Å². The first-order valence-corrected chi connectivity index (χ1v) is 5.23. The van der Waals surface area contributed by atoms with Crippen molar-refractivity contribution in [2.75, 3.05) is 5.73 Å². The number of thiophene rings is 1. The van der Waals surface area contributed by atoms with Crippen LogP contribution in [0, 0.1) is 6.92 Å². The Morgan fingerprint density at radius 1 is 1.40 bits per heavy atom. The zero-order chi connectivity index (χ0) is 10.8. The molecule has 2 rings (SSSR count). The van der Waals surface area contributed by atoms with Gasteiger partial charge in [-0.1, -0.05) is 0 Å². The summed E-state index contributed by atoms with van der Waals surface area (Å²) in [6.07, 6.45) is 2.78. The van der Waals surface area contributed by atoms with Crippen LogP contribution in [0.5, 0.6) is 0 Å². The number of aryl methyl sites for hydroxylation is 1. The SMILES string of the molecule is Cc1ccsc1C(=O)c1cnc(N)cn1. The lowest BCUT2D eigenvalue weighted by Crippen LogP contribution is -2.05. The fraction of sp³-hybridized carbons (Fsp3) is 0.100. The smallest absolute Gasteiger partial charge is 0.223 e. The van der Waals surface area contributed by atoms with Crippen LogP contribution in [0.4, 0.5) is 5.82 Å². The predicted octanol–water partition coefficient (Wildman–Crippen LogP) is 1.66. The molecule has 0 amide bonds. The molecule has 0 fully saturated rings. The molecule has 0 aromatic carbocycles. The quantitative estimate of drug-likeness (QED) is 0.780. The molecule has 2 heterocycles. The minimum absolute atomic E-state index is 0.102. The molecule has 0 spiro atoms. The van der Waals surface area contributed by atoms with Gasteiger partial charge in [-0.2, -0.15) is 0 Å². The molecule has 2 aromatic rings. The first-order valence-electron chi connectivity index (χ1n) is 4.35. The molecule has 5 heteroatoms. The number of nitrogen functional groups attached to an aromatic ring is 1. The highest BCUT2D eigenvalue weighted by molar-refractivity contribution is 7.12. The third-order valence-electron chi connectivity index (χ3n) is 1.97. The summed E-state index contributed by atoms with van der Waals surface area (Å²) in [7, 11) is 0. The van der Waals surface area contributed by atoms with E-state index in [1.807, 2.05) is 18.4 Å². The van der Waals surface area contributed by atoms with Gasteiger partial charge < -0.3 is 5.73 Å². The monoisotopic (exact) mass is 219 g/mol. The van der Waals surface area contributed by atoms with Crippen LogP contribution < -0.4 is 5.73 Å². The molecule has 2 aromatic heterocycles. The number of hydrogen-bond acceptors (Lipinski definition) is 5. The van der Waals surface area contributed by atoms with Crippen LogP contribution in [-0.2, 0) is 0 Å². The number of rotatable bonds is 2. The van der Waals surface area contributed by atoms with Crippen molar-refractivity contribution in [2.24, 2.45) is 0 Å². The van der Waals surface area contributed by atoms with E-state index in [4.69, 9.17) is 5.73 Å². The maximum Gasteiger partial charge on any atom is 0.223 e. The Hall–Kier alpha value is -1.75. The minimum Gasteiger partial charge on any atom is -0.382 e. The van der Waals surface area contributed by atoms with E-state index in [9.17, 15) is 4.79 Å². The zero-order valence-electron chi connectivity index (χ0n) is 8.10. The Bertz CT molecular complexity index is 490. The van der Waals surface area contributed by atoms with E-state index in [0.717, 1.165) is 5.56 Å². The predicted molar refractivity (Wildman–Crippen MR) is 58.9 cm³/mol. The lowest BCUT2D eigenvalue weighted by atomic mass is 10.2. The van der Waals surface area contributed by atoms with E-state index in [-0.39, 0.29) is 5.78 Å². The number of nitrogens with zero attached hydrogens (tertiary/aromatic N) is 2. The summed E-state index contributed by atoms with van der Waals surface area (Å²) in [5.41, 5.74) is 6.68. The molecule has 0 saturated heterocycles. The van der Waals surface area contributed by atoms with Crippen molar-refractivity contribution in [3.05, 3.63) is 40.0 Å². The van der Waals surface area contributed by atoms with E-state index in [1.54, 1.807) is 0 Å². The van der Waals surface area contributed by atoms with E-state index in [1.165, 1.54) is 23.7 Å². The van der Waals surface area contributed by atoms with Gasteiger partial charge in [0.2, 0.25) is 5.78 Å². The van der Waals surface area contributed by atoms with Crippen LogP contribution in [0.1, 0.15) is 20.9 Å². The van der Waals surface area contributed by atoms with Gasteiger partial charge >= 0.3 is 0 Å². The summed E-state index contributed by atoms with van der Waals surface area (Å²) >= 11 is 1.41. The van der Waals surface area contributed by atoms with E-state index >= 15 is 0 Å². The van der Waals surface area contributed by atoms with Gasteiger partial charge in [0.1, 0.15) is 11.5 Å². The second-order valence-electron chi connectivity index (χ2n) is 3.09. The molecule has 0 atom stereocenters. The molecule has 0 aliphatic rings. The van der Waals surface area contributed by atoms with Crippen LogP contribution in [0.15, 0.2) is 23.8 Å². The third kappa shape index (κ3) is 1.87. The second kappa shape index (κ2) is 3.78. The van der Waals surface area contributed by atoms with E-state index in [2.05, 4.69) is 9.97 Å². The standard InChI is InChI=1S/C10H9N3OS/c1-6-2-3-15-10(6)9(14)7-4-13-8(11)5-12-7/h2-5H,1H3,(H2,11,13). The van der Waals surface area contributed by atoms with E-state index in [0.29, 0.717) is 16.4 Å². The zero-order valence-corrected chi connectivity index (χ0v) is 8.91. The van der Waals surface area contributed by atoms with Crippen LogP contribution in [-0.4, -0.2) is 15.8 Å². The molecule has 2 N–H and O–H groups in total. The molecule has 0 unspecified atom stereocenters. The molecule has 0 bridgehead atoms. The normalized spacial score (nSPS) is 10.2. The van der Waals surface area contributed by atoms with Crippen molar-refractivity contribution in [2.45, 2.75) is 6.92 Å². The lowest BCUT2D eigenvalue weighted by molar-refractivity contribution is 0.103.